The molecule has 2 atom stereocenters. The average molecular weight is 549 g/mol. The first-order valence-electron chi connectivity index (χ1n) is 11.0. The molecule has 1 amide bonds. The fraction of sp³-hybridized carbons (Fsp3) is 0.280. The van der Waals surface area contributed by atoms with Gasteiger partial charge in [-0.05, 0) is 48.2 Å². The molecule has 8 nitrogen and oxygen atoms in total. The molecule has 0 radical (unpaired) electrons. The van der Waals surface area contributed by atoms with Crippen molar-refractivity contribution < 1.29 is 27.9 Å². The van der Waals surface area contributed by atoms with Gasteiger partial charge in [-0.15, -0.1) is 11.3 Å². The quantitative estimate of drug-likeness (QED) is 0.404. The number of carbonyl (C=O) groups excluding carboxylic acids is 1. The Bertz CT molecular complexity index is 1380. The van der Waals surface area contributed by atoms with Crippen molar-refractivity contribution in [1.82, 2.24) is 9.62 Å². The lowest BCUT2D eigenvalue weighted by molar-refractivity contribution is -0.140. The first-order valence-corrected chi connectivity index (χ1v) is 13.7. The maximum absolute atomic E-state index is 13.4. The molecule has 0 saturated heterocycles. The van der Waals surface area contributed by atoms with E-state index in [9.17, 15) is 23.1 Å². The van der Waals surface area contributed by atoms with Crippen LogP contribution in [0.25, 0.3) is 10.4 Å². The minimum absolute atomic E-state index is 0.000900. The van der Waals surface area contributed by atoms with Crippen LogP contribution in [-0.2, 0) is 25.0 Å². The van der Waals surface area contributed by atoms with Crippen LogP contribution in [0.4, 0.5) is 4.79 Å². The number of rotatable bonds is 9. The van der Waals surface area contributed by atoms with Gasteiger partial charge in [0.25, 0.3) is 10.0 Å². The molecule has 2 N–H and O–H groups in total. The van der Waals surface area contributed by atoms with Gasteiger partial charge in [-0.3, -0.25) is 4.79 Å². The summed E-state index contributed by atoms with van der Waals surface area (Å²) in [7, 11) is -1.10. The van der Waals surface area contributed by atoms with E-state index in [0.717, 1.165) is 16.9 Å². The van der Waals surface area contributed by atoms with Gasteiger partial charge in [0, 0.05) is 29.4 Å². The summed E-state index contributed by atoms with van der Waals surface area (Å²) < 4.78 is 34.6. The monoisotopic (exact) mass is 548 g/mol. The molecule has 0 unspecified atom stereocenters. The summed E-state index contributed by atoms with van der Waals surface area (Å²) in [6.45, 7) is -0.0671. The highest BCUT2D eigenvalue weighted by molar-refractivity contribution is 7.91. The first kappa shape index (κ1) is 26.2. The van der Waals surface area contributed by atoms with E-state index in [1.807, 2.05) is 0 Å². The maximum atomic E-state index is 13.4. The van der Waals surface area contributed by atoms with E-state index in [1.165, 1.54) is 11.0 Å². The number of amides is 1. The van der Waals surface area contributed by atoms with E-state index in [-0.39, 0.29) is 23.7 Å². The van der Waals surface area contributed by atoms with Gasteiger partial charge in [0.2, 0.25) is 0 Å². The molecule has 1 aliphatic carbocycles. The molecule has 1 aliphatic rings. The van der Waals surface area contributed by atoms with Gasteiger partial charge in [-0.2, -0.15) is 4.72 Å². The third-order valence-electron chi connectivity index (χ3n) is 6.35. The number of carboxylic acid groups (broad SMARTS) is 1. The summed E-state index contributed by atoms with van der Waals surface area (Å²) >= 11 is 6.98. The molecule has 1 aromatic heterocycles. The fourth-order valence-corrected chi connectivity index (χ4v) is 7.24. The highest BCUT2D eigenvalue weighted by Crippen LogP contribution is 2.61. The highest BCUT2D eigenvalue weighted by atomic mass is 35.5. The smallest absolute Gasteiger partial charge is 0.409 e. The van der Waals surface area contributed by atoms with Gasteiger partial charge in [-0.25, -0.2) is 13.2 Å². The molecule has 0 aliphatic heterocycles. The van der Waals surface area contributed by atoms with Crippen LogP contribution in [0.1, 0.15) is 18.4 Å². The van der Waals surface area contributed by atoms with Crippen molar-refractivity contribution in [1.29, 1.82) is 0 Å². The summed E-state index contributed by atoms with van der Waals surface area (Å²) in [4.78, 5) is 26.5. The Kier molecular flexibility index (Phi) is 7.16. The summed E-state index contributed by atoms with van der Waals surface area (Å²) in [6.07, 6.45) is -0.409. The highest BCUT2D eigenvalue weighted by Gasteiger charge is 2.74. The van der Waals surface area contributed by atoms with Crippen molar-refractivity contribution in [3.05, 3.63) is 77.3 Å². The Morgan fingerprint density at radius 1 is 1.08 bits per heavy atom. The summed E-state index contributed by atoms with van der Waals surface area (Å²) in [5.41, 5.74) is -1.42. The van der Waals surface area contributed by atoms with E-state index >= 15 is 0 Å². The Hall–Kier alpha value is -2.92. The Morgan fingerprint density at radius 2 is 1.75 bits per heavy atom. The van der Waals surface area contributed by atoms with Crippen LogP contribution in [0, 0.1) is 0 Å². The van der Waals surface area contributed by atoms with E-state index in [1.54, 1.807) is 74.8 Å². The molecular weight excluding hydrogens is 524 g/mol. The van der Waals surface area contributed by atoms with E-state index in [2.05, 4.69) is 4.72 Å². The average Bonchev–Trinajstić information content (AvgIpc) is 3.22. The van der Waals surface area contributed by atoms with Crippen LogP contribution >= 0.6 is 22.9 Å². The Labute approximate surface area is 218 Å². The molecule has 36 heavy (non-hydrogen) atoms. The second-order valence-corrected chi connectivity index (χ2v) is 12.3. The van der Waals surface area contributed by atoms with Crippen LogP contribution < -0.4 is 4.72 Å². The van der Waals surface area contributed by atoms with Gasteiger partial charge in [-0.1, -0.05) is 54.1 Å². The minimum atomic E-state index is -4.18. The molecule has 1 fully saturated rings. The lowest BCUT2D eigenvalue weighted by atomic mass is 9.87. The van der Waals surface area contributed by atoms with E-state index < -0.39 is 33.0 Å². The molecule has 1 saturated carbocycles. The minimum Gasteiger partial charge on any atom is -0.480 e. The molecule has 2 aromatic carbocycles. The number of carbonyl (C=O) groups is 2. The second-order valence-electron chi connectivity index (χ2n) is 8.83. The molecule has 1 heterocycles. The van der Waals surface area contributed by atoms with Crippen LogP contribution in [-0.4, -0.2) is 56.7 Å². The standard InChI is InChI=1S/C25H25ClN2O6S2/c1-28(2)23(31)34-15-14-24(18-6-4-3-5-7-18)16-25(24,22(29)30)27-36(32,33)21-13-12-20(35-21)17-8-10-19(26)11-9-17/h3-13,27H,14-16H2,1-2H3,(H,29,30)/t24-,25-/m0/s1. The molecular formula is C25H25ClN2O6S2. The number of nitrogens with zero attached hydrogens (tertiary/aromatic N) is 1. The van der Waals surface area contributed by atoms with Gasteiger partial charge in [0.05, 0.1) is 6.61 Å². The molecule has 3 aromatic rings. The topological polar surface area (TPSA) is 113 Å². The third-order valence-corrected chi connectivity index (χ3v) is 9.73. The summed E-state index contributed by atoms with van der Waals surface area (Å²) in [5.74, 6) is -1.29. The van der Waals surface area contributed by atoms with E-state index in [0.29, 0.717) is 15.5 Å². The Morgan fingerprint density at radius 3 is 2.36 bits per heavy atom. The lowest BCUT2D eigenvalue weighted by Crippen LogP contribution is -2.49. The number of benzene rings is 2. The van der Waals surface area contributed by atoms with Crippen LogP contribution in [0.15, 0.2) is 70.9 Å². The SMILES string of the molecule is CN(C)C(=O)OCC[C@@]1(c2ccccc2)C[C@]1(NS(=O)(=O)c1ccc(-c2ccc(Cl)cc2)s1)C(=O)O. The predicted octanol–water partition coefficient (Wildman–Crippen LogP) is 4.60. The van der Waals surface area contributed by atoms with Gasteiger partial charge < -0.3 is 14.7 Å². The normalized spacial score (nSPS) is 21.1. The number of carboxylic acids is 1. The van der Waals surface area contributed by atoms with Crippen LogP contribution in [0.5, 0.6) is 0 Å². The molecule has 0 bridgehead atoms. The number of hydrogen-bond donors (Lipinski definition) is 2. The zero-order valence-corrected chi connectivity index (χ0v) is 22.0. The molecule has 4 rings (SSSR count). The zero-order valence-electron chi connectivity index (χ0n) is 19.6. The molecule has 11 heteroatoms. The summed E-state index contributed by atoms with van der Waals surface area (Å²) in [6, 6.07) is 19.0. The van der Waals surface area contributed by atoms with Gasteiger partial charge >= 0.3 is 12.1 Å². The first-order chi connectivity index (χ1) is 17.0. The molecule has 190 valence electrons. The van der Waals surface area contributed by atoms with Crippen LogP contribution in [0.2, 0.25) is 5.02 Å². The predicted molar refractivity (Wildman–Crippen MR) is 138 cm³/mol. The van der Waals surface area contributed by atoms with Crippen molar-refractivity contribution in [2.75, 3.05) is 20.7 Å². The number of nitrogens with one attached hydrogen (secondary N) is 1. The van der Waals surface area contributed by atoms with Crippen molar-refractivity contribution in [2.24, 2.45) is 0 Å². The largest absolute Gasteiger partial charge is 0.480 e. The van der Waals surface area contributed by atoms with Gasteiger partial charge in [0.15, 0.2) is 0 Å². The number of halogens is 1. The van der Waals surface area contributed by atoms with Crippen molar-refractivity contribution >= 4 is 45.0 Å². The van der Waals surface area contributed by atoms with Crippen molar-refractivity contribution in [3.63, 3.8) is 0 Å². The zero-order chi connectivity index (χ0) is 26.1. The maximum Gasteiger partial charge on any atom is 0.409 e. The number of ether oxygens (including phenoxy) is 1. The number of aliphatic carboxylic acids is 1. The van der Waals surface area contributed by atoms with Gasteiger partial charge in [0.1, 0.15) is 9.75 Å². The van der Waals surface area contributed by atoms with E-state index in [4.69, 9.17) is 16.3 Å². The summed E-state index contributed by atoms with van der Waals surface area (Å²) in [5, 5.41) is 10.8. The number of hydrogen-bond acceptors (Lipinski definition) is 6. The second kappa shape index (κ2) is 9.85. The van der Waals surface area contributed by atoms with Crippen molar-refractivity contribution in [2.45, 2.75) is 28.0 Å². The van der Waals surface area contributed by atoms with Crippen molar-refractivity contribution in [3.8, 4) is 10.4 Å². The van der Waals surface area contributed by atoms with Crippen LogP contribution in [0.3, 0.4) is 0 Å². The fourth-order valence-electron chi connectivity index (χ4n) is 4.37. The molecule has 0 spiro atoms. The Balaban J connectivity index is 1.64. The third kappa shape index (κ3) is 4.86. The number of sulfonamides is 1. The lowest BCUT2D eigenvalue weighted by Gasteiger charge is -2.24. The number of thiophene rings is 1.